The molecule has 2 N–H and O–H groups in total. The van der Waals surface area contributed by atoms with Gasteiger partial charge in [-0.1, -0.05) is 30.3 Å². The van der Waals surface area contributed by atoms with E-state index in [4.69, 9.17) is 5.73 Å². The molecule has 2 aliphatic heterocycles. The Morgan fingerprint density at radius 3 is 2.82 bits per heavy atom. The Balaban J connectivity index is 1.84. The predicted octanol–water partition coefficient (Wildman–Crippen LogP) is 0.807. The minimum absolute atomic E-state index is 0.512. The summed E-state index contributed by atoms with van der Waals surface area (Å²) in [7, 11) is 0. The van der Waals surface area contributed by atoms with Crippen LogP contribution in [0.3, 0.4) is 0 Å². The van der Waals surface area contributed by atoms with Gasteiger partial charge in [-0.2, -0.15) is 0 Å². The third kappa shape index (κ3) is 1.81. The van der Waals surface area contributed by atoms with Crippen molar-refractivity contribution in [1.29, 1.82) is 0 Å². The van der Waals surface area contributed by atoms with E-state index in [0.29, 0.717) is 18.1 Å². The van der Waals surface area contributed by atoms with Crippen LogP contribution in [0.15, 0.2) is 50.3 Å². The molecular weight excluding hydrogens is 214 g/mol. The predicted molar refractivity (Wildman–Crippen MR) is 68.9 cm³/mol. The minimum atomic E-state index is -0.944. The van der Waals surface area contributed by atoms with E-state index in [1.54, 1.807) is 6.21 Å². The average molecular weight is 225 g/mol. The van der Waals surface area contributed by atoms with Gasteiger partial charge >= 0.3 is 0 Å². The van der Waals surface area contributed by atoms with Gasteiger partial charge in [-0.05, 0) is 5.56 Å². The fourth-order valence-corrected chi connectivity index (χ4v) is 1.74. The Morgan fingerprint density at radius 1 is 1.18 bits per heavy atom. The smallest absolute Gasteiger partial charge is 0.206 e. The highest BCUT2D eigenvalue weighted by Crippen LogP contribution is 2.15. The molecule has 0 aromatic heterocycles. The van der Waals surface area contributed by atoms with Gasteiger partial charge in [0.05, 0.1) is 6.21 Å². The molecule has 1 atom stereocenters. The maximum Gasteiger partial charge on any atom is 0.206 e. The van der Waals surface area contributed by atoms with Gasteiger partial charge in [0.25, 0.3) is 0 Å². The van der Waals surface area contributed by atoms with Crippen LogP contribution in [0.5, 0.6) is 0 Å². The third-order valence-electron chi connectivity index (χ3n) is 2.66. The van der Waals surface area contributed by atoms with Gasteiger partial charge in [-0.3, -0.25) is 5.73 Å². The number of hydrogen-bond acceptors (Lipinski definition) is 5. The molecule has 84 valence electrons. The highest BCUT2D eigenvalue weighted by atomic mass is 15.2. The van der Waals surface area contributed by atoms with Crippen LogP contribution in [0, 0.1) is 0 Å². The zero-order valence-electron chi connectivity index (χ0n) is 9.11. The van der Waals surface area contributed by atoms with Gasteiger partial charge in [0.1, 0.15) is 12.2 Å². The molecule has 0 fully saturated rings. The quantitative estimate of drug-likeness (QED) is 0.794. The topological polar surface area (TPSA) is 75.5 Å². The number of benzene rings is 1. The maximum absolute atomic E-state index is 5.93. The van der Waals surface area contributed by atoms with Crippen molar-refractivity contribution in [2.75, 3.05) is 0 Å². The number of aliphatic imine (C=N–C) groups is 4. The molecule has 0 spiro atoms. The second-order valence-corrected chi connectivity index (χ2v) is 3.97. The molecule has 0 saturated carbocycles. The van der Waals surface area contributed by atoms with Gasteiger partial charge < -0.3 is 0 Å². The summed E-state index contributed by atoms with van der Waals surface area (Å²) in [6.07, 6.45) is 3.70. The van der Waals surface area contributed by atoms with Crippen LogP contribution in [0.25, 0.3) is 0 Å². The van der Waals surface area contributed by atoms with Crippen LogP contribution < -0.4 is 5.73 Å². The monoisotopic (exact) mass is 225 g/mol. The zero-order chi connectivity index (χ0) is 11.7. The Hall–Kier alpha value is -2.14. The summed E-state index contributed by atoms with van der Waals surface area (Å²) >= 11 is 0. The number of nitrogens with two attached hydrogens (primary N) is 1. The largest absolute Gasteiger partial charge is 0.296 e. The first-order chi connectivity index (χ1) is 8.26. The van der Waals surface area contributed by atoms with Gasteiger partial charge in [-0.15, -0.1) is 0 Å². The molecule has 0 radical (unpaired) electrons. The molecule has 0 amide bonds. The van der Waals surface area contributed by atoms with Crippen molar-refractivity contribution in [3.63, 3.8) is 0 Å². The summed E-state index contributed by atoms with van der Waals surface area (Å²) in [5, 5.41) is 0. The van der Waals surface area contributed by atoms with E-state index in [9.17, 15) is 0 Å². The fraction of sp³-hybridized carbons (Fsp3) is 0.167. The molecule has 5 heteroatoms. The highest BCUT2D eigenvalue weighted by molar-refractivity contribution is 6.20. The Morgan fingerprint density at radius 2 is 2.00 bits per heavy atom. The van der Waals surface area contributed by atoms with Crippen LogP contribution in [0.4, 0.5) is 0 Å². The number of hydrogen-bond donors (Lipinski definition) is 1. The second-order valence-electron chi connectivity index (χ2n) is 3.97. The van der Waals surface area contributed by atoms with Crippen LogP contribution in [-0.4, -0.2) is 29.9 Å². The molecule has 2 heterocycles. The normalized spacial score (nSPS) is 25.5. The van der Waals surface area contributed by atoms with Crippen LogP contribution in [0.1, 0.15) is 5.56 Å². The molecule has 1 aromatic carbocycles. The summed E-state index contributed by atoms with van der Waals surface area (Å²) in [6.45, 7) is 0. The van der Waals surface area contributed by atoms with E-state index < -0.39 is 5.66 Å². The van der Waals surface area contributed by atoms with Crippen molar-refractivity contribution in [3.05, 3.63) is 35.9 Å². The van der Waals surface area contributed by atoms with Crippen molar-refractivity contribution in [3.8, 4) is 0 Å². The maximum atomic E-state index is 5.93. The second kappa shape index (κ2) is 3.71. The lowest BCUT2D eigenvalue weighted by Crippen LogP contribution is -2.47. The van der Waals surface area contributed by atoms with Crippen LogP contribution in [-0.2, 0) is 6.42 Å². The lowest BCUT2D eigenvalue weighted by atomic mass is 10.1. The first-order valence-electron chi connectivity index (χ1n) is 5.34. The van der Waals surface area contributed by atoms with Gasteiger partial charge in [-0.25, -0.2) is 20.0 Å². The van der Waals surface area contributed by atoms with Crippen LogP contribution in [0.2, 0.25) is 0 Å². The summed E-state index contributed by atoms with van der Waals surface area (Å²) < 4.78 is 0. The summed E-state index contributed by atoms with van der Waals surface area (Å²) in [5.74, 6) is 1.22. The van der Waals surface area contributed by atoms with E-state index in [-0.39, 0.29) is 0 Å². The van der Waals surface area contributed by atoms with E-state index in [1.807, 2.05) is 30.3 Å². The van der Waals surface area contributed by atoms with Crippen molar-refractivity contribution >= 4 is 24.2 Å². The van der Waals surface area contributed by atoms with E-state index >= 15 is 0 Å². The zero-order valence-corrected chi connectivity index (χ0v) is 9.11. The first-order valence-corrected chi connectivity index (χ1v) is 5.34. The summed E-state index contributed by atoms with van der Waals surface area (Å²) in [4.78, 5) is 16.6. The van der Waals surface area contributed by atoms with Gasteiger partial charge in [0.2, 0.25) is 5.66 Å². The summed E-state index contributed by atoms with van der Waals surface area (Å²) in [5.41, 5.74) is 6.15. The number of rotatable bonds is 2. The van der Waals surface area contributed by atoms with Crippen molar-refractivity contribution in [1.82, 2.24) is 0 Å². The van der Waals surface area contributed by atoms with Crippen LogP contribution >= 0.6 is 0 Å². The molecule has 0 bridgehead atoms. The van der Waals surface area contributed by atoms with E-state index in [2.05, 4.69) is 20.0 Å². The molecule has 17 heavy (non-hydrogen) atoms. The molecule has 3 rings (SSSR count). The number of fused-ring (bicyclic) bond motifs is 1. The first kappa shape index (κ1) is 10.0. The molecule has 1 aromatic rings. The summed E-state index contributed by atoms with van der Waals surface area (Å²) in [6, 6.07) is 10.0. The van der Waals surface area contributed by atoms with E-state index in [0.717, 1.165) is 5.56 Å². The lowest BCUT2D eigenvalue weighted by Gasteiger charge is -2.19. The Labute approximate surface area is 98.5 Å². The SMILES string of the molecule is NC12C=NC(Cc3ccccc3)=NC1=NC=N2. The van der Waals surface area contributed by atoms with Crippen molar-refractivity contribution < 1.29 is 0 Å². The molecule has 0 saturated heterocycles. The molecule has 2 aliphatic rings. The Kier molecular flexibility index (Phi) is 2.19. The average Bonchev–Trinajstić information content (AvgIpc) is 2.72. The number of amidine groups is 2. The fourth-order valence-electron chi connectivity index (χ4n) is 1.74. The molecule has 1 unspecified atom stereocenters. The molecular formula is C12H11N5. The molecule has 0 aliphatic carbocycles. The minimum Gasteiger partial charge on any atom is -0.296 e. The van der Waals surface area contributed by atoms with E-state index in [1.165, 1.54) is 6.34 Å². The van der Waals surface area contributed by atoms with Gasteiger partial charge in [0.15, 0.2) is 5.84 Å². The van der Waals surface area contributed by atoms with Crippen molar-refractivity contribution in [2.45, 2.75) is 12.1 Å². The van der Waals surface area contributed by atoms with Crippen molar-refractivity contribution in [2.24, 2.45) is 25.7 Å². The lowest BCUT2D eigenvalue weighted by molar-refractivity contribution is 0.810. The van der Waals surface area contributed by atoms with Gasteiger partial charge in [0, 0.05) is 6.42 Å². The highest BCUT2D eigenvalue weighted by Gasteiger charge is 2.34. The molecule has 5 nitrogen and oxygen atoms in total. The number of nitrogens with zero attached hydrogens (tertiary/aromatic N) is 4. The third-order valence-corrected chi connectivity index (χ3v) is 2.66. The standard InChI is InChI=1S/C12H11N5/c13-12-7-14-10(17-11(12)15-8-16-12)6-9-4-2-1-3-5-9/h1-5,7-8H,6,13H2. The Bertz CT molecular complexity index is 556.